The molecule has 1 aromatic heterocycles. The van der Waals surface area contributed by atoms with E-state index in [0.29, 0.717) is 12.1 Å². The minimum Gasteiger partial charge on any atom is -0.480 e. The van der Waals surface area contributed by atoms with Crippen molar-refractivity contribution in [1.29, 1.82) is 0 Å². The van der Waals surface area contributed by atoms with Crippen LogP contribution in [0.15, 0.2) is 30.5 Å². The van der Waals surface area contributed by atoms with E-state index in [1.807, 2.05) is 30.5 Å². The van der Waals surface area contributed by atoms with Gasteiger partial charge in [-0.2, -0.15) is 0 Å². The van der Waals surface area contributed by atoms with Gasteiger partial charge in [0.25, 0.3) is 0 Å². The molecule has 5 nitrogen and oxygen atoms in total. The molecule has 0 aliphatic carbocycles. The summed E-state index contributed by atoms with van der Waals surface area (Å²) < 4.78 is 1.78. The molecule has 1 aliphatic rings. The van der Waals surface area contributed by atoms with E-state index >= 15 is 0 Å². The molecule has 0 saturated heterocycles. The van der Waals surface area contributed by atoms with Gasteiger partial charge in [-0.1, -0.05) is 12.1 Å². The van der Waals surface area contributed by atoms with Crippen LogP contribution in [0.2, 0.25) is 0 Å². The first-order chi connectivity index (χ1) is 9.15. The second kappa shape index (κ2) is 4.42. The van der Waals surface area contributed by atoms with Crippen LogP contribution in [0.3, 0.4) is 0 Å². The van der Waals surface area contributed by atoms with E-state index in [-0.39, 0.29) is 0 Å². The highest BCUT2D eigenvalue weighted by molar-refractivity contribution is 5.73. The van der Waals surface area contributed by atoms with Crippen LogP contribution in [-0.2, 0) is 11.2 Å². The van der Waals surface area contributed by atoms with Gasteiger partial charge < -0.3 is 15.4 Å². The number of nitrogen functional groups attached to an aromatic ring is 1. The Labute approximate surface area is 110 Å². The summed E-state index contributed by atoms with van der Waals surface area (Å²) in [7, 11) is 0. The summed E-state index contributed by atoms with van der Waals surface area (Å²) in [5, 5.41) is 9.24. The van der Waals surface area contributed by atoms with Crippen LogP contribution >= 0.6 is 0 Å². The summed E-state index contributed by atoms with van der Waals surface area (Å²) in [5.74, 6) is 0.0496. The second-order valence-electron chi connectivity index (χ2n) is 4.82. The molecular formula is C14H15N3O2. The molecule has 2 aromatic rings. The summed E-state index contributed by atoms with van der Waals surface area (Å²) in [4.78, 5) is 15.8. The number of rotatable bonds is 2. The lowest BCUT2D eigenvalue weighted by molar-refractivity contribution is -0.141. The molecule has 0 radical (unpaired) electrons. The zero-order chi connectivity index (χ0) is 13.4. The highest BCUT2D eigenvalue weighted by Gasteiger charge is 2.27. The Morgan fingerprint density at radius 3 is 3.05 bits per heavy atom. The van der Waals surface area contributed by atoms with Gasteiger partial charge in [0, 0.05) is 23.9 Å². The van der Waals surface area contributed by atoms with Crippen LogP contribution in [-0.4, -0.2) is 20.6 Å². The number of benzene rings is 1. The van der Waals surface area contributed by atoms with Gasteiger partial charge in [-0.25, -0.2) is 9.78 Å². The van der Waals surface area contributed by atoms with Crippen molar-refractivity contribution >= 4 is 11.7 Å². The maximum absolute atomic E-state index is 11.2. The van der Waals surface area contributed by atoms with Gasteiger partial charge in [0.05, 0.1) is 5.69 Å². The minimum absolute atomic E-state index is 0.494. The van der Waals surface area contributed by atoms with Crippen molar-refractivity contribution < 1.29 is 9.90 Å². The number of carboxylic acid groups (broad SMARTS) is 1. The number of hydrogen-bond acceptors (Lipinski definition) is 3. The maximum atomic E-state index is 11.2. The molecule has 98 valence electrons. The van der Waals surface area contributed by atoms with Crippen LogP contribution in [0.4, 0.5) is 5.69 Å². The molecule has 19 heavy (non-hydrogen) atoms. The fraction of sp³-hybridized carbons (Fsp3) is 0.286. The zero-order valence-corrected chi connectivity index (χ0v) is 10.4. The molecule has 1 aliphatic heterocycles. The first kappa shape index (κ1) is 11.8. The summed E-state index contributed by atoms with van der Waals surface area (Å²) in [6.45, 7) is 0. The van der Waals surface area contributed by atoms with E-state index in [9.17, 15) is 9.90 Å². The van der Waals surface area contributed by atoms with Crippen LogP contribution < -0.4 is 5.73 Å². The van der Waals surface area contributed by atoms with E-state index in [1.54, 1.807) is 4.57 Å². The average Bonchev–Trinajstić information content (AvgIpc) is 2.82. The number of aliphatic carboxylic acids is 1. The molecule has 1 atom stereocenters. The largest absolute Gasteiger partial charge is 0.480 e. The third-order valence-corrected chi connectivity index (χ3v) is 3.49. The molecule has 0 amide bonds. The van der Waals surface area contributed by atoms with Crippen molar-refractivity contribution in [3.63, 3.8) is 0 Å². The van der Waals surface area contributed by atoms with Crippen molar-refractivity contribution in [2.24, 2.45) is 0 Å². The summed E-state index contributed by atoms with van der Waals surface area (Å²) in [5.41, 5.74) is 8.15. The van der Waals surface area contributed by atoms with Gasteiger partial charge >= 0.3 is 5.97 Å². The van der Waals surface area contributed by atoms with E-state index in [1.165, 1.54) is 0 Å². The Morgan fingerprint density at radius 1 is 1.47 bits per heavy atom. The third-order valence-electron chi connectivity index (χ3n) is 3.49. The normalized spacial score (nSPS) is 18.0. The van der Waals surface area contributed by atoms with Crippen LogP contribution in [0, 0.1) is 0 Å². The Kier molecular flexibility index (Phi) is 2.74. The van der Waals surface area contributed by atoms with E-state index in [0.717, 1.165) is 29.9 Å². The molecule has 0 bridgehead atoms. The van der Waals surface area contributed by atoms with Gasteiger partial charge in [-0.05, 0) is 25.0 Å². The molecule has 3 rings (SSSR count). The highest BCUT2D eigenvalue weighted by Crippen LogP contribution is 2.29. The predicted molar refractivity (Wildman–Crippen MR) is 71.7 cm³/mol. The van der Waals surface area contributed by atoms with Crippen molar-refractivity contribution in [1.82, 2.24) is 9.55 Å². The quantitative estimate of drug-likeness (QED) is 0.807. The summed E-state index contributed by atoms with van der Waals surface area (Å²) >= 11 is 0. The number of anilines is 1. The van der Waals surface area contributed by atoms with Crippen LogP contribution in [0.5, 0.6) is 0 Å². The first-order valence-electron chi connectivity index (χ1n) is 6.31. The van der Waals surface area contributed by atoms with E-state index in [4.69, 9.17) is 5.73 Å². The fourth-order valence-corrected chi connectivity index (χ4v) is 2.56. The van der Waals surface area contributed by atoms with Gasteiger partial charge in [0.1, 0.15) is 11.9 Å². The molecule has 0 saturated carbocycles. The maximum Gasteiger partial charge on any atom is 0.326 e. The third kappa shape index (κ3) is 2.07. The number of nitrogens with zero attached hydrogens (tertiary/aromatic N) is 2. The predicted octanol–water partition coefficient (Wildman–Crippen LogP) is 2.09. The van der Waals surface area contributed by atoms with Crippen molar-refractivity contribution in [2.45, 2.75) is 25.3 Å². The van der Waals surface area contributed by atoms with Crippen molar-refractivity contribution in [3.8, 4) is 11.3 Å². The lowest BCUT2D eigenvalue weighted by atomic mass is 10.1. The molecule has 0 fully saturated rings. The Bertz CT molecular complexity index is 633. The molecular weight excluding hydrogens is 242 g/mol. The second-order valence-corrected chi connectivity index (χ2v) is 4.82. The minimum atomic E-state index is -0.794. The number of fused-ring (bicyclic) bond motifs is 1. The Balaban J connectivity index is 2.04. The smallest absolute Gasteiger partial charge is 0.326 e. The highest BCUT2D eigenvalue weighted by atomic mass is 16.4. The van der Waals surface area contributed by atoms with E-state index in [2.05, 4.69) is 4.98 Å². The number of aromatic nitrogens is 2. The van der Waals surface area contributed by atoms with Crippen molar-refractivity contribution in [3.05, 3.63) is 36.3 Å². The molecule has 0 spiro atoms. The number of imidazole rings is 1. The zero-order valence-electron chi connectivity index (χ0n) is 10.4. The molecule has 1 aromatic carbocycles. The standard InChI is InChI=1S/C14H15N3O2/c15-10-4-1-3-9(7-10)11-8-17-12(14(18)19)5-2-6-13(17)16-11/h1,3-4,7-8,12H,2,5-6,15H2,(H,18,19). The summed E-state index contributed by atoms with van der Waals surface area (Å²) in [6.07, 6.45) is 4.17. The molecule has 3 N–H and O–H groups in total. The van der Waals surface area contributed by atoms with Crippen molar-refractivity contribution in [2.75, 3.05) is 5.73 Å². The molecule has 5 heteroatoms. The fourth-order valence-electron chi connectivity index (χ4n) is 2.56. The van der Waals surface area contributed by atoms with Crippen LogP contribution in [0.1, 0.15) is 24.7 Å². The van der Waals surface area contributed by atoms with Gasteiger partial charge in [0.15, 0.2) is 0 Å². The van der Waals surface area contributed by atoms with Crippen LogP contribution in [0.25, 0.3) is 11.3 Å². The molecule has 2 heterocycles. The average molecular weight is 257 g/mol. The lowest BCUT2D eigenvalue weighted by Crippen LogP contribution is -2.24. The number of nitrogens with two attached hydrogens (primary N) is 1. The lowest BCUT2D eigenvalue weighted by Gasteiger charge is -2.20. The number of carbonyl (C=O) groups is 1. The topological polar surface area (TPSA) is 81.1 Å². The molecule has 1 unspecified atom stereocenters. The monoisotopic (exact) mass is 257 g/mol. The number of aryl methyl sites for hydroxylation is 1. The number of carboxylic acids is 1. The Morgan fingerprint density at radius 2 is 2.32 bits per heavy atom. The SMILES string of the molecule is Nc1cccc(-c2cn3c(n2)CCCC3C(=O)O)c1. The van der Waals surface area contributed by atoms with Gasteiger partial charge in [-0.15, -0.1) is 0 Å². The number of hydrogen-bond donors (Lipinski definition) is 2. The summed E-state index contributed by atoms with van der Waals surface area (Å²) in [6, 6.07) is 6.98. The van der Waals surface area contributed by atoms with E-state index < -0.39 is 12.0 Å². The first-order valence-corrected chi connectivity index (χ1v) is 6.31. The Hall–Kier alpha value is -2.30. The van der Waals surface area contributed by atoms with Gasteiger partial charge in [-0.3, -0.25) is 0 Å². The van der Waals surface area contributed by atoms with Gasteiger partial charge in [0.2, 0.25) is 0 Å².